The Hall–Kier alpha value is -5.10. The molecule has 3 heterocycles. The quantitative estimate of drug-likeness (QED) is 0.110. The summed E-state index contributed by atoms with van der Waals surface area (Å²) in [6.07, 6.45) is -0.122. The molecular formula is C40H40O11. The van der Waals surface area contributed by atoms with Crippen molar-refractivity contribution in [2.45, 2.75) is 49.3 Å². The topological polar surface area (TPSA) is 149 Å². The Morgan fingerprint density at radius 3 is 1.57 bits per heavy atom. The Morgan fingerprint density at radius 2 is 1.04 bits per heavy atom. The molecule has 0 aromatic heterocycles. The van der Waals surface area contributed by atoms with Gasteiger partial charge in [0.2, 0.25) is 0 Å². The fourth-order valence-electron chi connectivity index (χ4n) is 8.63. The number of phenolic OH excluding ortho intramolecular Hbond substituents is 4. The van der Waals surface area contributed by atoms with Crippen molar-refractivity contribution in [2.75, 3.05) is 35.0 Å². The summed E-state index contributed by atoms with van der Waals surface area (Å²) in [4.78, 5) is 0. The maximum absolute atomic E-state index is 11.0. The van der Waals surface area contributed by atoms with Crippen LogP contribution in [0.1, 0.15) is 65.9 Å². The van der Waals surface area contributed by atoms with Crippen molar-refractivity contribution in [1.82, 2.24) is 0 Å². The predicted molar refractivity (Wildman–Crippen MR) is 184 cm³/mol. The zero-order valence-corrected chi connectivity index (χ0v) is 28.7. The number of rotatable bonds is 8. The van der Waals surface area contributed by atoms with Crippen molar-refractivity contribution in [3.63, 3.8) is 0 Å². The first-order valence-corrected chi connectivity index (χ1v) is 16.8. The average Bonchev–Trinajstić information content (AvgIpc) is 3.81. The van der Waals surface area contributed by atoms with Crippen molar-refractivity contribution >= 4 is 0 Å². The minimum absolute atomic E-state index is 0.00425. The largest absolute Gasteiger partial charge is 0.504 e. The van der Waals surface area contributed by atoms with Crippen LogP contribution in [0, 0.1) is 5.41 Å². The molecule has 51 heavy (non-hydrogen) atoms. The third-order valence-corrected chi connectivity index (χ3v) is 11.2. The van der Waals surface area contributed by atoms with Gasteiger partial charge in [-0.3, -0.25) is 0 Å². The van der Waals surface area contributed by atoms with Gasteiger partial charge < -0.3 is 53.6 Å². The van der Waals surface area contributed by atoms with E-state index in [0.29, 0.717) is 48.9 Å². The molecule has 11 heteroatoms. The first kappa shape index (κ1) is 33.1. The monoisotopic (exact) mass is 696 g/mol. The van der Waals surface area contributed by atoms with Crippen LogP contribution in [0.2, 0.25) is 0 Å². The molecule has 2 fully saturated rings. The van der Waals surface area contributed by atoms with E-state index in [1.54, 1.807) is 48.5 Å². The number of methoxy groups -OCH3 is 4. The van der Waals surface area contributed by atoms with Crippen LogP contribution in [-0.4, -0.2) is 61.1 Å². The Labute approximate surface area is 295 Å². The van der Waals surface area contributed by atoms with Crippen molar-refractivity contribution < 1.29 is 53.6 Å². The minimum Gasteiger partial charge on any atom is -0.504 e. The Kier molecular flexibility index (Phi) is 7.97. The Bertz CT molecular complexity index is 2040. The normalized spacial score (nSPS) is 27.8. The first-order valence-electron chi connectivity index (χ1n) is 16.8. The zero-order valence-electron chi connectivity index (χ0n) is 28.7. The molecule has 2 spiro atoms. The van der Waals surface area contributed by atoms with Crippen LogP contribution in [-0.2, 0) is 14.2 Å². The molecule has 3 aliphatic heterocycles. The lowest BCUT2D eigenvalue weighted by atomic mass is 9.59. The van der Waals surface area contributed by atoms with Crippen molar-refractivity contribution in [3.8, 4) is 46.0 Å². The number of phenols is 4. The summed E-state index contributed by atoms with van der Waals surface area (Å²) in [6, 6.07) is 21.1. The first-order chi connectivity index (χ1) is 24.7. The molecule has 4 aliphatic rings. The molecule has 0 unspecified atom stereocenters. The highest BCUT2D eigenvalue weighted by molar-refractivity contribution is 5.52. The van der Waals surface area contributed by atoms with Crippen LogP contribution in [0.15, 0.2) is 83.9 Å². The van der Waals surface area contributed by atoms with E-state index in [0.717, 1.165) is 33.4 Å². The number of hydrogen-bond acceptors (Lipinski definition) is 11. The lowest BCUT2D eigenvalue weighted by Gasteiger charge is -2.42. The van der Waals surface area contributed by atoms with Gasteiger partial charge in [0, 0.05) is 5.41 Å². The molecule has 0 bridgehead atoms. The number of benzene rings is 4. The van der Waals surface area contributed by atoms with Gasteiger partial charge in [-0.2, -0.15) is 0 Å². The average molecular weight is 697 g/mol. The van der Waals surface area contributed by atoms with Gasteiger partial charge in [0.15, 0.2) is 46.0 Å². The van der Waals surface area contributed by atoms with Crippen LogP contribution in [0.5, 0.6) is 46.0 Å². The summed E-state index contributed by atoms with van der Waals surface area (Å²) in [6.45, 7) is 0.444. The van der Waals surface area contributed by atoms with Gasteiger partial charge >= 0.3 is 0 Å². The van der Waals surface area contributed by atoms with E-state index in [1.165, 1.54) is 28.4 Å². The molecule has 0 saturated carbocycles. The third-order valence-electron chi connectivity index (χ3n) is 11.2. The smallest absolute Gasteiger partial charge is 0.160 e. The summed E-state index contributed by atoms with van der Waals surface area (Å²) in [5.74, 6) is 1.45. The lowest BCUT2D eigenvalue weighted by molar-refractivity contribution is 0.00311. The van der Waals surface area contributed by atoms with Crippen LogP contribution in [0.4, 0.5) is 0 Å². The van der Waals surface area contributed by atoms with Crippen LogP contribution in [0.3, 0.4) is 0 Å². The van der Waals surface area contributed by atoms with Gasteiger partial charge in [0.1, 0.15) is 23.9 Å². The molecule has 0 amide bonds. The second kappa shape index (κ2) is 12.3. The van der Waals surface area contributed by atoms with E-state index in [-0.39, 0.29) is 23.0 Å². The molecule has 8 rings (SSSR count). The summed E-state index contributed by atoms with van der Waals surface area (Å²) in [7, 11) is 6.05. The second-order valence-corrected chi connectivity index (χ2v) is 13.6. The molecule has 2 saturated heterocycles. The molecule has 1 aliphatic carbocycles. The van der Waals surface area contributed by atoms with Gasteiger partial charge in [0.05, 0.1) is 41.2 Å². The summed E-state index contributed by atoms with van der Waals surface area (Å²) >= 11 is 0. The fraction of sp³-hybridized carbons (Fsp3) is 0.350. The van der Waals surface area contributed by atoms with Crippen molar-refractivity contribution in [3.05, 3.63) is 106 Å². The van der Waals surface area contributed by atoms with Gasteiger partial charge in [-0.1, -0.05) is 24.3 Å². The highest BCUT2D eigenvalue weighted by Gasteiger charge is 2.75. The van der Waals surface area contributed by atoms with Gasteiger partial charge in [-0.05, 0) is 101 Å². The molecule has 6 atom stereocenters. The predicted octanol–water partition coefficient (Wildman–Crippen LogP) is 7.10. The molecule has 0 radical (unpaired) electrons. The van der Waals surface area contributed by atoms with Gasteiger partial charge in [0.25, 0.3) is 0 Å². The van der Waals surface area contributed by atoms with Crippen LogP contribution < -0.4 is 18.9 Å². The Morgan fingerprint density at radius 1 is 0.549 bits per heavy atom. The molecular weight excluding hydrogens is 656 g/mol. The fourth-order valence-corrected chi connectivity index (χ4v) is 8.63. The number of hydrogen-bond donors (Lipinski definition) is 4. The maximum atomic E-state index is 11.0. The SMILES string of the molecule is COc1ccc([C@@H]2O[C@H](c3ccc(O)c(OC)c3)[C@@]3(CO3)[C@@]23CCC2=C(C3)[C@@H](c3ccc(O)c(OC)c3)O[C@H]2c2ccc(O)c(OC)c2)cc1O. The number of aromatic hydroxyl groups is 4. The lowest BCUT2D eigenvalue weighted by Crippen LogP contribution is -2.42. The van der Waals surface area contributed by atoms with E-state index < -0.39 is 35.4 Å². The number of fused-ring (bicyclic) bond motifs is 1. The highest BCUT2D eigenvalue weighted by atomic mass is 16.6. The van der Waals surface area contributed by atoms with Crippen LogP contribution >= 0.6 is 0 Å². The zero-order chi connectivity index (χ0) is 35.7. The van der Waals surface area contributed by atoms with E-state index in [1.807, 2.05) is 24.3 Å². The van der Waals surface area contributed by atoms with Crippen molar-refractivity contribution in [1.29, 1.82) is 0 Å². The number of ether oxygens (including phenoxy) is 7. The van der Waals surface area contributed by atoms with Gasteiger partial charge in [-0.25, -0.2) is 0 Å². The maximum Gasteiger partial charge on any atom is 0.160 e. The summed E-state index contributed by atoms with van der Waals surface area (Å²) < 4.78 is 42.4. The van der Waals surface area contributed by atoms with Gasteiger partial charge in [-0.15, -0.1) is 0 Å². The van der Waals surface area contributed by atoms with E-state index >= 15 is 0 Å². The summed E-state index contributed by atoms with van der Waals surface area (Å²) in [5.41, 5.74) is 4.05. The molecule has 4 aromatic rings. The van der Waals surface area contributed by atoms with E-state index in [9.17, 15) is 20.4 Å². The van der Waals surface area contributed by atoms with Crippen molar-refractivity contribution in [2.24, 2.45) is 5.41 Å². The third kappa shape index (κ3) is 5.05. The van der Waals surface area contributed by atoms with Crippen LogP contribution in [0.25, 0.3) is 0 Å². The minimum atomic E-state index is -0.745. The number of epoxide rings is 1. The molecule has 266 valence electrons. The summed E-state index contributed by atoms with van der Waals surface area (Å²) in [5, 5.41) is 42.3. The Balaban J connectivity index is 1.29. The second-order valence-electron chi connectivity index (χ2n) is 13.6. The standard InChI is InChI=1S/C40H40O11/c1-45-31-12-8-23(15-30(31)44)37-39(40(20-49-40)38(51-37)24-7-11-29(43)34(18-24)48-4)14-13-25-26(19-39)36(22-6-10-28(42)33(17-22)47-3)50-35(25)21-5-9-27(41)32(16-21)46-2/h5-12,15-18,35-38,41-44H,13-14,19-20H2,1-4H3/t35-,36+,37-,38+,39+,40-/m0/s1. The molecule has 4 aromatic carbocycles. The molecule has 11 nitrogen and oxygen atoms in total. The van der Waals surface area contributed by atoms with E-state index in [2.05, 4.69) is 0 Å². The molecule has 4 N–H and O–H groups in total. The highest BCUT2D eigenvalue weighted by Crippen LogP contribution is 2.74. The van der Waals surface area contributed by atoms with E-state index in [4.69, 9.17) is 33.2 Å².